The minimum atomic E-state index is -0.452. The summed E-state index contributed by atoms with van der Waals surface area (Å²) in [6.07, 6.45) is 0.961. The van der Waals surface area contributed by atoms with Crippen LogP contribution in [0.2, 0.25) is 0 Å². The first-order valence-corrected chi connectivity index (χ1v) is 6.46. The largest absolute Gasteiger partial charge is 0.489 e. The molecule has 1 aromatic heterocycles. The number of amides is 1. The second kappa shape index (κ2) is 6.25. The number of nitrogen functional groups attached to an aromatic ring is 1. The van der Waals surface area contributed by atoms with E-state index in [2.05, 4.69) is 13.0 Å². The molecule has 5 heteroatoms. The molecule has 0 aliphatic rings. The van der Waals surface area contributed by atoms with Crippen molar-refractivity contribution in [3.8, 4) is 5.75 Å². The van der Waals surface area contributed by atoms with Crippen LogP contribution in [0.1, 0.15) is 34.4 Å². The fourth-order valence-electron chi connectivity index (χ4n) is 1.86. The molecular formula is C15H18N2O3. The molecule has 2 aromatic rings. The lowest BCUT2D eigenvalue weighted by molar-refractivity contribution is 0.0924. The summed E-state index contributed by atoms with van der Waals surface area (Å²) in [4.78, 5) is 11.4. The quantitative estimate of drug-likeness (QED) is 0.498. The SMILES string of the molecule is CCc1cccc(OCc2cc(C(=O)NN)oc2C)c1. The molecule has 1 amide bonds. The van der Waals surface area contributed by atoms with Crippen LogP contribution in [-0.2, 0) is 13.0 Å². The maximum atomic E-state index is 11.4. The molecule has 5 nitrogen and oxygen atoms in total. The number of carbonyl (C=O) groups excluding carboxylic acids is 1. The summed E-state index contributed by atoms with van der Waals surface area (Å²) in [5.41, 5.74) is 4.08. The Bertz CT molecular complexity index is 605. The van der Waals surface area contributed by atoms with Gasteiger partial charge in [0.05, 0.1) is 0 Å². The third-order valence-electron chi connectivity index (χ3n) is 3.08. The molecule has 0 saturated heterocycles. The normalized spacial score (nSPS) is 10.3. The zero-order chi connectivity index (χ0) is 14.5. The third-order valence-corrected chi connectivity index (χ3v) is 3.08. The van der Waals surface area contributed by atoms with Crippen molar-refractivity contribution in [3.63, 3.8) is 0 Å². The minimum Gasteiger partial charge on any atom is -0.489 e. The number of hydrazine groups is 1. The van der Waals surface area contributed by atoms with Crippen molar-refractivity contribution in [2.45, 2.75) is 26.9 Å². The molecule has 0 saturated carbocycles. The van der Waals surface area contributed by atoms with E-state index < -0.39 is 5.91 Å². The summed E-state index contributed by atoms with van der Waals surface area (Å²) in [6, 6.07) is 9.57. The van der Waals surface area contributed by atoms with E-state index in [1.165, 1.54) is 5.56 Å². The number of hydrogen-bond acceptors (Lipinski definition) is 4. The van der Waals surface area contributed by atoms with Crippen molar-refractivity contribution < 1.29 is 13.9 Å². The summed E-state index contributed by atoms with van der Waals surface area (Å²) in [5, 5.41) is 0. The molecule has 0 atom stereocenters. The van der Waals surface area contributed by atoms with Crippen LogP contribution in [0.4, 0.5) is 0 Å². The highest BCUT2D eigenvalue weighted by Gasteiger charge is 2.13. The maximum absolute atomic E-state index is 11.4. The summed E-state index contributed by atoms with van der Waals surface area (Å²) in [5.74, 6) is 6.25. The van der Waals surface area contributed by atoms with Crippen molar-refractivity contribution in [2.24, 2.45) is 5.84 Å². The summed E-state index contributed by atoms with van der Waals surface area (Å²) in [6.45, 7) is 4.23. The molecule has 0 unspecified atom stereocenters. The third kappa shape index (κ3) is 3.19. The van der Waals surface area contributed by atoms with Crippen LogP contribution in [0.15, 0.2) is 34.7 Å². The number of rotatable bonds is 5. The number of nitrogens with two attached hydrogens (primary N) is 1. The van der Waals surface area contributed by atoms with Crippen LogP contribution in [0, 0.1) is 6.92 Å². The monoisotopic (exact) mass is 274 g/mol. The Balaban J connectivity index is 2.06. The van der Waals surface area contributed by atoms with E-state index in [1.54, 1.807) is 13.0 Å². The van der Waals surface area contributed by atoms with Gasteiger partial charge in [-0.3, -0.25) is 10.2 Å². The Hall–Kier alpha value is -2.27. The van der Waals surface area contributed by atoms with E-state index in [0.29, 0.717) is 12.4 Å². The van der Waals surface area contributed by atoms with Crippen LogP contribution in [0.3, 0.4) is 0 Å². The number of aryl methyl sites for hydroxylation is 2. The highest BCUT2D eigenvalue weighted by molar-refractivity contribution is 5.91. The van der Waals surface area contributed by atoms with Gasteiger partial charge in [0, 0.05) is 5.56 Å². The van der Waals surface area contributed by atoms with E-state index in [-0.39, 0.29) is 5.76 Å². The van der Waals surface area contributed by atoms with Gasteiger partial charge in [0.25, 0.3) is 0 Å². The van der Waals surface area contributed by atoms with E-state index in [9.17, 15) is 4.79 Å². The van der Waals surface area contributed by atoms with Crippen LogP contribution in [0.5, 0.6) is 5.75 Å². The van der Waals surface area contributed by atoms with Crippen LogP contribution < -0.4 is 16.0 Å². The van der Waals surface area contributed by atoms with Gasteiger partial charge in [-0.05, 0) is 37.1 Å². The molecule has 0 fully saturated rings. The van der Waals surface area contributed by atoms with Gasteiger partial charge < -0.3 is 9.15 Å². The van der Waals surface area contributed by atoms with Crippen molar-refractivity contribution >= 4 is 5.91 Å². The average molecular weight is 274 g/mol. The number of furan rings is 1. The minimum absolute atomic E-state index is 0.186. The Labute approximate surface area is 117 Å². The van der Waals surface area contributed by atoms with Crippen LogP contribution in [-0.4, -0.2) is 5.91 Å². The van der Waals surface area contributed by atoms with Gasteiger partial charge in [-0.25, -0.2) is 5.84 Å². The topological polar surface area (TPSA) is 77.5 Å². The molecule has 0 bridgehead atoms. The van der Waals surface area contributed by atoms with Gasteiger partial charge in [0.15, 0.2) is 5.76 Å². The second-order valence-corrected chi connectivity index (χ2v) is 4.46. The van der Waals surface area contributed by atoms with Crippen LogP contribution >= 0.6 is 0 Å². The summed E-state index contributed by atoms with van der Waals surface area (Å²) >= 11 is 0. The first-order chi connectivity index (χ1) is 9.63. The van der Waals surface area contributed by atoms with Gasteiger partial charge in [-0.2, -0.15) is 0 Å². The molecule has 0 spiro atoms. The average Bonchev–Trinajstić information content (AvgIpc) is 2.85. The lowest BCUT2D eigenvalue weighted by Gasteiger charge is -2.06. The molecule has 1 heterocycles. The molecule has 2 rings (SSSR count). The Morgan fingerprint density at radius 1 is 1.40 bits per heavy atom. The van der Waals surface area contributed by atoms with Gasteiger partial charge in [-0.1, -0.05) is 19.1 Å². The van der Waals surface area contributed by atoms with Crippen molar-refractivity contribution in [1.29, 1.82) is 0 Å². The molecular weight excluding hydrogens is 256 g/mol. The summed E-state index contributed by atoms with van der Waals surface area (Å²) in [7, 11) is 0. The van der Waals surface area contributed by atoms with Crippen molar-refractivity contribution in [3.05, 3.63) is 53.0 Å². The van der Waals surface area contributed by atoms with Crippen molar-refractivity contribution in [1.82, 2.24) is 5.43 Å². The van der Waals surface area contributed by atoms with Gasteiger partial charge in [-0.15, -0.1) is 0 Å². The fourth-order valence-corrected chi connectivity index (χ4v) is 1.86. The smallest absolute Gasteiger partial charge is 0.300 e. The Kier molecular flexibility index (Phi) is 4.42. The van der Waals surface area contributed by atoms with E-state index in [4.69, 9.17) is 15.0 Å². The zero-order valence-corrected chi connectivity index (χ0v) is 11.6. The standard InChI is InChI=1S/C15H18N2O3/c1-3-11-5-4-6-13(7-11)19-9-12-8-14(15(18)17-16)20-10(12)2/h4-8H,3,9,16H2,1-2H3,(H,17,18). The number of ether oxygens (including phenoxy) is 1. The molecule has 3 N–H and O–H groups in total. The lowest BCUT2D eigenvalue weighted by Crippen LogP contribution is -2.29. The van der Waals surface area contributed by atoms with Crippen molar-refractivity contribution in [2.75, 3.05) is 0 Å². The number of nitrogens with one attached hydrogen (secondary N) is 1. The molecule has 1 aromatic carbocycles. The predicted molar refractivity (Wildman–Crippen MR) is 75.3 cm³/mol. The van der Waals surface area contributed by atoms with Gasteiger partial charge >= 0.3 is 5.91 Å². The predicted octanol–water partition coefficient (Wildman–Crippen LogP) is 2.33. The lowest BCUT2D eigenvalue weighted by atomic mass is 10.2. The van der Waals surface area contributed by atoms with Crippen LogP contribution in [0.25, 0.3) is 0 Å². The highest BCUT2D eigenvalue weighted by atomic mass is 16.5. The number of hydrogen-bond donors (Lipinski definition) is 2. The van der Waals surface area contributed by atoms with Gasteiger partial charge in [0.1, 0.15) is 18.1 Å². The summed E-state index contributed by atoms with van der Waals surface area (Å²) < 4.78 is 11.0. The molecule has 0 radical (unpaired) electrons. The maximum Gasteiger partial charge on any atom is 0.300 e. The van der Waals surface area contributed by atoms with Gasteiger partial charge in [0.2, 0.25) is 0 Å². The van der Waals surface area contributed by atoms with E-state index >= 15 is 0 Å². The second-order valence-electron chi connectivity index (χ2n) is 4.46. The molecule has 0 aliphatic carbocycles. The first-order valence-electron chi connectivity index (χ1n) is 6.46. The molecule has 106 valence electrons. The first kappa shape index (κ1) is 14.1. The highest BCUT2D eigenvalue weighted by Crippen LogP contribution is 2.19. The van der Waals surface area contributed by atoms with E-state index in [1.807, 2.05) is 23.6 Å². The molecule has 20 heavy (non-hydrogen) atoms. The Morgan fingerprint density at radius 2 is 2.20 bits per heavy atom. The fraction of sp³-hybridized carbons (Fsp3) is 0.267. The number of carbonyl (C=O) groups is 1. The zero-order valence-electron chi connectivity index (χ0n) is 11.6. The Morgan fingerprint density at radius 3 is 2.90 bits per heavy atom. The molecule has 0 aliphatic heterocycles. The number of benzene rings is 1. The van der Waals surface area contributed by atoms with E-state index in [0.717, 1.165) is 17.7 Å².